The van der Waals surface area contributed by atoms with Crippen molar-refractivity contribution in [3.63, 3.8) is 0 Å². The van der Waals surface area contributed by atoms with E-state index in [-0.39, 0.29) is 0 Å². The van der Waals surface area contributed by atoms with Gasteiger partial charge in [0.25, 0.3) is 0 Å². The number of hydrogen-bond donors (Lipinski definition) is 0. The van der Waals surface area contributed by atoms with Crippen LogP contribution in [-0.4, -0.2) is 33.3 Å². The maximum absolute atomic E-state index is 4.30. The molecule has 0 unspecified atom stereocenters. The van der Waals surface area contributed by atoms with E-state index >= 15 is 0 Å². The topological polar surface area (TPSA) is 46.8 Å². The lowest BCUT2D eigenvalue weighted by molar-refractivity contribution is 0.407. The number of aromatic nitrogens is 4. The molecule has 1 fully saturated rings. The van der Waals surface area contributed by atoms with Crippen LogP contribution in [0.4, 0.5) is 5.95 Å². The fourth-order valence-electron chi connectivity index (χ4n) is 3.59. The summed E-state index contributed by atoms with van der Waals surface area (Å²) in [6.07, 6.45) is 3.55. The molecule has 5 nitrogen and oxygen atoms in total. The smallest absolute Gasteiger partial charge is 0.250 e. The number of aryl methyl sites for hydroxylation is 1. The zero-order valence-electron chi connectivity index (χ0n) is 14.5. The molecule has 0 radical (unpaired) electrons. The van der Waals surface area contributed by atoms with Crippen molar-refractivity contribution in [2.75, 3.05) is 18.0 Å². The molecule has 2 aromatic carbocycles. The lowest BCUT2D eigenvalue weighted by Gasteiger charge is -2.33. The van der Waals surface area contributed by atoms with Crippen LogP contribution < -0.4 is 4.90 Å². The van der Waals surface area contributed by atoms with E-state index in [0.29, 0.717) is 5.92 Å². The first kappa shape index (κ1) is 15.8. The molecule has 2 heterocycles. The molecule has 0 amide bonds. The van der Waals surface area contributed by atoms with Crippen LogP contribution in [0.2, 0.25) is 0 Å². The molecule has 3 aromatic rings. The van der Waals surface area contributed by atoms with Gasteiger partial charge in [-0.2, -0.15) is 4.68 Å². The van der Waals surface area contributed by atoms with Crippen LogP contribution in [-0.2, 0) is 6.42 Å². The molecular formula is C20H23N5. The summed E-state index contributed by atoms with van der Waals surface area (Å²) in [4.78, 5) is 2.33. The molecule has 0 aliphatic carbocycles. The van der Waals surface area contributed by atoms with Gasteiger partial charge >= 0.3 is 0 Å². The Hall–Kier alpha value is -2.69. The van der Waals surface area contributed by atoms with E-state index < -0.39 is 0 Å². The number of rotatable bonds is 4. The van der Waals surface area contributed by atoms with Gasteiger partial charge in [-0.15, -0.1) is 0 Å². The Morgan fingerprint density at radius 1 is 1.04 bits per heavy atom. The van der Waals surface area contributed by atoms with E-state index in [0.717, 1.165) is 31.1 Å². The highest BCUT2D eigenvalue weighted by Gasteiger charge is 2.24. The largest absolute Gasteiger partial charge is 0.339 e. The minimum atomic E-state index is 0.636. The summed E-state index contributed by atoms with van der Waals surface area (Å²) in [5.41, 5.74) is 3.74. The molecule has 0 saturated carbocycles. The van der Waals surface area contributed by atoms with Crippen molar-refractivity contribution in [1.29, 1.82) is 0 Å². The first-order valence-electron chi connectivity index (χ1n) is 8.94. The molecule has 5 heteroatoms. The Kier molecular flexibility index (Phi) is 4.46. The van der Waals surface area contributed by atoms with E-state index in [1.54, 1.807) is 0 Å². The number of tetrazole rings is 1. The normalized spacial score (nSPS) is 17.6. The SMILES string of the molecule is Cc1ccc(C[C@@H]2CCCN(c3nnnn3-c3ccccc3)C2)cc1. The van der Waals surface area contributed by atoms with Gasteiger partial charge in [0.05, 0.1) is 5.69 Å². The van der Waals surface area contributed by atoms with Gasteiger partial charge in [0.1, 0.15) is 0 Å². The van der Waals surface area contributed by atoms with Crippen LogP contribution in [0.1, 0.15) is 24.0 Å². The molecule has 25 heavy (non-hydrogen) atoms. The second-order valence-electron chi connectivity index (χ2n) is 6.87. The third-order valence-corrected chi connectivity index (χ3v) is 4.90. The van der Waals surface area contributed by atoms with Crippen molar-refractivity contribution in [2.24, 2.45) is 5.92 Å². The van der Waals surface area contributed by atoms with Gasteiger partial charge in [0, 0.05) is 13.1 Å². The number of piperidine rings is 1. The molecule has 0 bridgehead atoms. The van der Waals surface area contributed by atoms with Crippen molar-refractivity contribution in [1.82, 2.24) is 20.2 Å². The number of nitrogens with zero attached hydrogens (tertiary/aromatic N) is 5. The fraction of sp³-hybridized carbons (Fsp3) is 0.350. The second kappa shape index (κ2) is 7.05. The van der Waals surface area contributed by atoms with E-state index in [4.69, 9.17) is 0 Å². The quantitative estimate of drug-likeness (QED) is 0.734. The first-order chi connectivity index (χ1) is 12.3. The average molecular weight is 333 g/mol. The van der Waals surface area contributed by atoms with Crippen molar-refractivity contribution in [3.05, 3.63) is 65.7 Å². The van der Waals surface area contributed by atoms with Crippen LogP contribution in [0, 0.1) is 12.8 Å². The molecule has 1 saturated heterocycles. The van der Waals surface area contributed by atoms with Crippen LogP contribution in [0.5, 0.6) is 0 Å². The van der Waals surface area contributed by atoms with Gasteiger partial charge in [0.2, 0.25) is 5.95 Å². The predicted molar refractivity (Wildman–Crippen MR) is 99.0 cm³/mol. The molecule has 1 atom stereocenters. The van der Waals surface area contributed by atoms with Crippen molar-refractivity contribution < 1.29 is 0 Å². The predicted octanol–water partition coefficient (Wildman–Crippen LogP) is 3.43. The van der Waals surface area contributed by atoms with Crippen LogP contribution >= 0.6 is 0 Å². The third kappa shape index (κ3) is 3.55. The van der Waals surface area contributed by atoms with E-state index in [1.807, 2.05) is 35.0 Å². The number of anilines is 1. The minimum absolute atomic E-state index is 0.636. The minimum Gasteiger partial charge on any atom is -0.339 e. The summed E-state index contributed by atoms with van der Waals surface area (Å²) >= 11 is 0. The zero-order chi connectivity index (χ0) is 17.1. The summed E-state index contributed by atoms with van der Waals surface area (Å²) in [7, 11) is 0. The Morgan fingerprint density at radius 3 is 2.64 bits per heavy atom. The molecule has 1 aliphatic heterocycles. The molecule has 128 valence electrons. The second-order valence-corrected chi connectivity index (χ2v) is 6.87. The molecule has 4 rings (SSSR count). The van der Waals surface area contributed by atoms with Crippen LogP contribution in [0.15, 0.2) is 54.6 Å². The van der Waals surface area contributed by atoms with Gasteiger partial charge in [-0.1, -0.05) is 53.1 Å². The monoisotopic (exact) mass is 333 g/mol. The average Bonchev–Trinajstić information content (AvgIpc) is 3.15. The van der Waals surface area contributed by atoms with Gasteiger partial charge in [0.15, 0.2) is 0 Å². The Labute approximate surface area is 148 Å². The highest BCUT2D eigenvalue weighted by molar-refractivity contribution is 5.41. The first-order valence-corrected chi connectivity index (χ1v) is 8.94. The summed E-state index contributed by atoms with van der Waals surface area (Å²) in [5, 5.41) is 12.4. The maximum Gasteiger partial charge on any atom is 0.250 e. The molecule has 0 N–H and O–H groups in total. The summed E-state index contributed by atoms with van der Waals surface area (Å²) in [6, 6.07) is 19.0. The van der Waals surface area contributed by atoms with E-state index in [9.17, 15) is 0 Å². The third-order valence-electron chi connectivity index (χ3n) is 4.90. The Balaban J connectivity index is 1.50. The van der Waals surface area contributed by atoms with Gasteiger partial charge < -0.3 is 4.90 Å². The molecule has 0 spiro atoms. The standard InChI is InChI=1S/C20H23N5/c1-16-9-11-17(12-10-16)14-18-6-5-13-24(15-18)20-21-22-23-25(20)19-7-3-2-4-8-19/h2-4,7-12,18H,5-6,13-15H2,1H3/t18-/m0/s1. The summed E-state index contributed by atoms with van der Waals surface area (Å²) in [6.45, 7) is 4.15. The van der Waals surface area contributed by atoms with E-state index in [2.05, 4.69) is 51.6 Å². The lowest BCUT2D eigenvalue weighted by atomic mass is 9.91. The van der Waals surface area contributed by atoms with E-state index in [1.165, 1.54) is 24.0 Å². The molecule has 1 aliphatic rings. The van der Waals surface area contributed by atoms with Crippen molar-refractivity contribution >= 4 is 5.95 Å². The summed E-state index contributed by atoms with van der Waals surface area (Å²) in [5.74, 6) is 1.48. The van der Waals surface area contributed by atoms with Crippen molar-refractivity contribution in [3.8, 4) is 5.69 Å². The number of para-hydroxylation sites is 1. The molecular weight excluding hydrogens is 310 g/mol. The fourth-order valence-corrected chi connectivity index (χ4v) is 3.59. The highest BCUT2D eigenvalue weighted by Crippen LogP contribution is 2.25. The zero-order valence-corrected chi connectivity index (χ0v) is 14.5. The van der Waals surface area contributed by atoms with Crippen LogP contribution in [0.25, 0.3) is 5.69 Å². The maximum atomic E-state index is 4.30. The van der Waals surface area contributed by atoms with Gasteiger partial charge in [-0.25, -0.2) is 0 Å². The van der Waals surface area contributed by atoms with Crippen LogP contribution in [0.3, 0.4) is 0 Å². The summed E-state index contributed by atoms with van der Waals surface area (Å²) < 4.78 is 1.84. The number of benzene rings is 2. The van der Waals surface area contributed by atoms with Gasteiger partial charge in [-0.05, 0) is 60.2 Å². The van der Waals surface area contributed by atoms with Gasteiger partial charge in [-0.3, -0.25) is 0 Å². The van der Waals surface area contributed by atoms with Crippen molar-refractivity contribution in [2.45, 2.75) is 26.2 Å². The highest BCUT2D eigenvalue weighted by atomic mass is 15.6. The Bertz CT molecular complexity index is 810. The lowest BCUT2D eigenvalue weighted by Crippen LogP contribution is -2.38. The Morgan fingerprint density at radius 2 is 1.84 bits per heavy atom. The number of hydrogen-bond acceptors (Lipinski definition) is 4. The molecule has 1 aromatic heterocycles.